The van der Waals surface area contributed by atoms with Crippen LogP contribution >= 0.6 is 0 Å². The number of hydrogen-bond donors (Lipinski definition) is 1. The van der Waals surface area contributed by atoms with Gasteiger partial charge in [-0.05, 0) is 36.5 Å². The third kappa shape index (κ3) is 3.84. The van der Waals surface area contributed by atoms with E-state index in [0.717, 1.165) is 19.3 Å². The first-order valence-corrected chi connectivity index (χ1v) is 6.15. The van der Waals surface area contributed by atoms with Crippen LogP contribution in [0.1, 0.15) is 59.3 Å². The molecule has 0 aromatic rings. The summed E-state index contributed by atoms with van der Waals surface area (Å²) >= 11 is 0. The molecule has 2 atom stereocenters. The van der Waals surface area contributed by atoms with Crippen molar-refractivity contribution in [3.8, 4) is 0 Å². The fraction of sp³-hybridized carbons (Fsp3) is 0.923. The number of carbonyl (C=O) groups is 1. The molecular formula is C13H24O2. The van der Waals surface area contributed by atoms with Crippen molar-refractivity contribution in [3.63, 3.8) is 0 Å². The number of carboxylic acids is 1. The molecule has 0 saturated heterocycles. The van der Waals surface area contributed by atoms with E-state index < -0.39 is 5.97 Å². The van der Waals surface area contributed by atoms with Gasteiger partial charge in [-0.15, -0.1) is 0 Å². The van der Waals surface area contributed by atoms with Crippen LogP contribution in [0.4, 0.5) is 0 Å². The minimum absolute atomic E-state index is 0.0949. The lowest BCUT2D eigenvalue weighted by Crippen LogP contribution is -2.31. The van der Waals surface area contributed by atoms with Gasteiger partial charge in [0.25, 0.3) is 0 Å². The zero-order valence-corrected chi connectivity index (χ0v) is 10.3. The largest absolute Gasteiger partial charge is 0.481 e. The summed E-state index contributed by atoms with van der Waals surface area (Å²) in [5.41, 5.74) is 0.0949. The van der Waals surface area contributed by atoms with Crippen LogP contribution in [-0.4, -0.2) is 11.1 Å². The van der Waals surface area contributed by atoms with Crippen LogP contribution in [0.2, 0.25) is 0 Å². The van der Waals surface area contributed by atoms with E-state index in [0.29, 0.717) is 18.3 Å². The predicted octanol–water partition coefficient (Wildman–Crippen LogP) is 3.70. The van der Waals surface area contributed by atoms with Crippen molar-refractivity contribution in [1.29, 1.82) is 0 Å². The number of rotatable bonds is 4. The van der Waals surface area contributed by atoms with E-state index in [-0.39, 0.29) is 5.41 Å². The molecule has 0 heterocycles. The Hall–Kier alpha value is -0.530. The third-order valence-electron chi connectivity index (χ3n) is 3.55. The molecule has 1 N–H and O–H groups in total. The van der Waals surface area contributed by atoms with Gasteiger partial charge < -0.3 is 5.11 Å². The van der Waals surface area contributed by atoms with Gasteiger partial charge in [0.15, 0.2) is 0 Å². The van der Waals surface area contributed by atoms with E-state index in [9.17, 15) is 4.79 Å². The zero-order valence-electron chi connectivity index (χ0n) is 10.3. The van der Waals surface area contributed by atoms with E-state index in [4.69, 9.17) is 5.11 Å². The Bertz CT molecular complexity index is 219. The average Bonchev–Trinajstić information content (AvgIpc) is 1.99. The van der Waals surface area contributed by atoms with Crippen LogP contribution in [-0.2, 0) is 4.79 Å². The van der Waals surface area contributed by atoms with Crippen molar-refractivity contribution in [2.75, 3.05) is 0 Å². The average molecular weight is 212 g/mol. The zero-order chi connectivity index (χ0) is 11.5. The summed E-state index contributed by atoms with van der Waals surface area (Å²) in [5, 5.41) is 9.03. The fourth-order valence-electron chi connectivity index (χ4n) is 3.37. The van der Waals surface area contributed by atoms with E-state index in [2.05, 4.69) is 20.8 Å². The minimum atomic E-state index is -0.621. The van der Waals surface area contributed by atoms with Crippen LogP contribution in [0.25, 0.3) is 0 Å². The molecule has 15 heavy (non-hydrogen) atoms. The first-order chi connectivity index (χ1) is 6.93. The Balaban J connectivity index is 2.70. The van der Waals surface area contributed by atoms with Crippen LogP contribution in [0.3, 0.4) is 0 Å². The van der Waals surface area contributed by atoms with Gasteiger partial charge in [0.05, 0.1) is 6.42 Å². The monoisotopic (exact) mass is 212 g/mol. The number of hydrogen-bond acceptors (Lipinski definition) is 1. The Kier molecular flexibility index (Phi) is 4.18. The standard InChI is InChI=1S/C13H24O2/c1-10(2)7-13(9-12(14)15)6-4-5-11(3)8-13/h10-11H,4-9H2,1-3H3,(H,14,15). The molecule has 1 saturated carbocycles. The molecule has 0 aromatic carbocycles. The van der Waals surface area contributed by atoms with E-state index in [1.807, 2.05) is 0 Å². The lowest BCUT2D eigenvalue weighted by molar-refractivity contribution is -0.141. The molecule has 2 nitrogen and oxygen atoms in total. The molecule has 0 spiro atoms. The molecule has 0 bridgehead atoms. The van der Waals surface area contributed by atoms with Crippen LogP contribution in [0.5, 0.6) is 0 Å². The minimum Gasteiger partial charge on any atom is -0.481 e. The summed E-state index contributed by atoms with van der Waals surface area (Å²) in [6.45, 7) is 6.65. The lowest BCUT2D eigenvalue weighted by Gasteiger charge is -2.40. The van der Waals surface area contributed by atoms with Crippen molar-refractivity contribution in [3.05, 3.63) is 0 Å². The van der Waals surface area contributed by atoms with Crippen molar-refractivity contribution in [2.24, 2.45) is 17.3 Å². The first kappa shape index (κ1) is 12.5. The SMILES string of the molecule is CC(C)CC1(CC(=O)O)CCCC(C)C1. The molecule has 0 radical (unpaired) electrons. The summed E-state index contributed by atoms with van der Waals surface area (Å²) in [5.74, 6) is 0.691. The molecule has 1 fully saturated rings. The van der Waals surface area contributed by atoms with Crippen molar-refractivity contribution in [1.82, 2.24) is 0 Å². The number of aliphatic carboxylic acids is 1. The number of carboxylic acid groups (broad SMARTS) is 1. The van der Waals surface area contributed by atoms with Gasteiger partial charge in [-0.2, -0.15) is 0 Å². The highest BCUT2D eigenvalue weighted by Gasteiger charge is 2.37. The Morgan fingerprint density at radius 2 is 2.20 bits per heavy atom. The summed E-state index contributed by atoms with van der Waals surface area (Å²) in [4.78, 5) is 11.0. The molecular weight excluding hydrogens is 188 g/mol. The quantitative estimate of drug-likeness (QED) is 0.771. The summed E-state index contributed by atoms with van der Waals surface area (Å²) < 4.78 is 0. The molecule has 2 heteroatoms. The van der Waals surface area contributed by atoms with E-state index in [1.54, 1.807) is 0 Å². The van der Waals surface area contributed by atoms with Gasteiger partial charge in [-0.25, -0.2) is 0 Å². The normalized spacial score (nSPS) is 31.9. The van der Waals surface area contributed by atoms with Crippen LogP contribution < -0.4 is 0 Å². The summed E-state index contributed by atoms with van der Waals surface area (Å²) in [6.07, 6.45) is 6.15. The van der Waals surface area contributed by atoms with Crippen LogP contribution in [0.15, 0.2) is 0 Å². The molecule has 1 rings (SSSR count). The van der Waals surface area contributed by atoms with Gasteiger partial charge in [0.2, 0.25) is 0 Å². The molecule has 2 unspecified atom stereocenters. The second-order valence-corrected chi connectivity index (χ2v) is 5.87. The van der Waals surface area contributed by atoms with Crippen molar-refractivity contribution in [2.45, 2.75) is 59.3 Å². The van der Waals surface area contributed by atoms with Gasteiger partial charge >= 0.3 is 5.97 Å². The lowest BCUT2D eigenvalue weighted by atomic mass is 9.64. The smallest absolute Gasteiger partial charge is 0.303 e. The highest BCUT2D eigenvalue weighted by molar-refractivity contribution is 5.67. The molecule has 88 valence electrons. The highest BCUT2D eigenvalue weighted by Crippen LogP contribution is 2.46. The Morgan fingerprint density at radius 3 is 2.67 bits per heavy atom. The fourth-order valence-corrected chi connectivity index (χ4v) is 3.37. The topological polar surface area (TPSA) is 37.3 Å². The third-order valence-corrected chi connectivity index (χ3v) is 3.55. The highest BCUT2D eigenvalue weighted by atomic mass is 16.4. The van der Waals surface area contributed by atoms with Gasteiger partial charge in [-0.3, -0.25) is 4.79 Å². The predicted molar refractivity (Wildman–Crippen MR) is 61.8 cm³/mol. The molecule has 0 amide bonds. The molecule has 0 aliphatic heterocycles. The maximum atomic E-state index is 11.0. The molecule has 1 aliphatic rings. The van der Waals surface area contributed by atoms with Crippen molar-refractivity contribution < 1.29 is 9.90 Å². The summed E-state index contributed by atoms with van der Waals surface area (Å²) in [7, 11) is 0. The molecule has 0 aromatic heterocycles. The van der Waals surface area contributed by atoms with E-state index in [1.165, 1.54) is 12.8 Å². The second-order valence-electron chi connectivity index (χ2n) is 5.87. The van der Waals surface area contributed by atoms with E-state index >= 15 is 0 Å². The van der Waals surface area contributed by atoms with Crippen molar-refractivity contribution >= 4 is 5.97 Å². The Morgan fingerprint density at radius 1 is 1.53 bits per heavy atom. The van der Waals surface area contributed by atoms with Crippen LogP contribution in [0, 0.1) is 17.3 Å². The van der Waals surface area contributed by atoms with Gasteiger partial charge in [-0.1, -0.05) is 33.6 Å². The van der Waals surface area contributed by atoms with Gasteiger partial charge in [0.1, 0.15) is 0 Å². The summed E-state index contributed by atoms with van der Waals surface area (Å²) in [6, 6.07) is 0. The first-order valence-electron chi connectivity index (χ1n) is 6.15. The molecule has 1 aliphatic carbocycles. The van der Waals surface area contributed by atoms with Gasteiger partial charge in [0, 0.05) is 0 Å². The maximum absolute atomic E-state index is 11.0. The Labute approximate surface area is 93.1 Å². The maximum Gasteiger partial charge on any atom is 0.303 e. The second kappa shape index (κ2) is 5.00.